The van der Waals surface area contributed by atoms with Crippen molar-refractivity contribution in [2.75, 3.05) is 30.3 Å². The number of hydrogen-bond acceptors (Lipinski definition) is 5. The smallest absolute Gasteiger partial charge is 0.338 e. The van der Waals surface area contributed by atoms with E-state index in [-0.39, 0.29) is 24.9 Å². The third kappa shape index (κ3) is 6.73. The fraction of sp³-hybridized carbons (Fsp3) is 0.273. The molecular weight excluding hydrogens is 386 g/mol. The van der Waals surface area contributed by atoms with E-state index >= 15 is 0 Å². The van der Waals surface area contributed by atoms with Gasteiger partial charge in [-0.25, -0.2) is 4.79 Å². The number of carbonyl (C=O) groups excluding carboxylic acids is 4. The maximum Gasteiger partial charge on any atom is 0.338 e. The second-order valence-electron chi connectivity index (χ2n) is 6.61. The first-order valence-corrected chi connectivity index (χ1v) is 9.48. The van der Waals surface area contributed by atoms with Crippen LogP contribution in [-0.2, 0) is 19.1 Å². The molecule has 0 atom stereocenters. The number of amides is 3. The van der Waals surface area contributed by atoms with Crippen LogP contribution in [0.15, 0.2) is 48.5 Å². The number of carbonyl (C=O) groups is 4. The van der Waals surface area contributed by atoms with Crippen LogP contribution in [-0.4, -0.2) is 48.3 Å². The zero-order valence-electron chi connectivity index (χ0n) is 17.2. The van der Waals surface area contributed by atoms with E-state index in [1.807, 2.05) is 6.07 Å². The van der Waals surface area contributed by atoms with E-state index in [1.54, 1.807) is 56.3 Å². The van der Waals surface area contributed by atoms with Gasteiger partial charge in [-0.3, -0.25) is 14.4 Å². The summed E-state index contributed by atoms with van der Waals surface area (Å²) in [6.45, 7) is 4.59. The first-order chi connectivity index (χ1) is 14.3. The molecule has 0 heterocycles. The Morgan fingerprint density at radius 1 is 0.933 bits per heavy atom. The van der Waals surface area contributed by atoms with Crippen LogP contribution >= 0.6 is 0 Å². The Hall–Kier alpha value is -3.68. The normalized spacial score (nSPS) is 10.1. The van der Waals surface area contributed by atoms with Gasteiger partial charge in [0.1, 0.15) is 0 Å². The van der Waals surface area contributed by atoms with Gasteiger partial charge in [0.15, 0.2) is 6.61 Å². The van der Waals surface area contributed by atoms with Crippen LogP contribution < -0.4 is 10.6 Å². The Morgan fingerprint density at radius 3 is 2.10 bits per heavy atom. The zero-order valence-corrected chi connectivity index (χ0v) is 17.2. The topological polar surface area (TPSA) is 105 Å². The zero-order chi connectivity index (χ0) is 22.1. The number of aryl methyl sites for hydroxylation is 1. The second kappa shape index (κ2) is 10.8. The van der Waals surface area contributed by atoms with E-state index in [2.05, 4.69) is 10.6 Å². The molecule has 0 aliphatic rings. The molecule has 0 fully saturated rings. The second-order valence-corrected chi connectivity index (χ2v) is 6.61. The first-order valence-electron chi connectivity index (χ1n) is 9.48. The van der Waals surface area contributed by atoms with E-state index < -0.39 is 18.5 Å². The van der Waals surface area contributed by atoms with Crippen LogP contribution in [0.25, 0.3) is 0 Å². The summed E-state index contributed by atoms with van der Waals surface area (Å²) < 4.78 is 5.10. The quantitative estimate of drug-likeness (QED) is 0.650. The van der Waals surface area contributed by atoms with Crippen molar-refractivity contribution in [3.63, 3.8) is 0 Å². The van der Waals surface area contributed by atoms with Gasteiger partial charge in [0.2, 0.25) is 11.8 Å². The Balaban J connectivity index is 1.86. The lowest BCUT2D eigenvalue weighted by Crippen LogP contribution is -2.40. The molecule has 2 aromatic rings. The molecule has 0 aliphatic carbocycles. The van der Waals surface area contributed by atoms with Gasteiger partial charge in [0, 0.05) is 24.8 Å². The summed E-state index contributed by atoms with van der Waals surface area (Å²) in [6.07, 6.45) is 0. The summed E-state index contributed by atoms with van der Waals surface area (Å²) >= 11 is 0. The molecule has 0 aliphatic heterocycles. The fourth-order valence-corrected chi connectivity index (χ4v) is 2.69. The number of nitrogens with zero attached hydrogens (tertiary/aromatic N) is 1. The van der Waals surface area contributed by atoms with Gasteiger partial charge in [0.25, 0.3) is 5.91 Å². The SMILES string of the molecule is CCN(CC(=O)Nc1ccc(NC(C)=O)cc1)C(=O)COC(=O)c1ccccc1C. The highest BCUT2D eigenvalue weighted by Crippen LogP contribution is 2.13. The van der Waals surface area contributed by atoms with Crippen LogP contribution in [0.5, 0.6) is 0 Å². The highest BCUT2D eigenvalue weighted by Gasteiger charge is 2.18. The molecule has 2 rings (SSSR count). The minimum atomic E-state index is -0.582. The van der Waals surface area contributed by atoms with Crippen molar-refractivity contribution in [3.8, 4) is 0 Å². The maximum absolute atomic E-state index is 12.4. The number of hydrogen-bond donors (Lipinski definition) is 2. The van der Waals surface area contributed by atoms with Crippen molar-refractivity contribution in [1.29, 1.82) is 0 Å². The molecule has 0 spiro atoms. The van der Waals surface area contributed by atoms with Gasteiger partial charge < -0.3 is 20.3 Å². The summed E-state index contributed by atoms with van der Waals surface area (Å²) in [6, 6.07) is 13.5. The lowest BCUT2D eigenvalue weighted by atomic mass is 10.1. The third-order valence-electron chi connectivity index (χ3n) is 4.25. The van der Waals surface area contributed by atoms with Crippen LogP contribution in [0, 0.1) is 6.92 Å². The van der Waals surface area contributed by atoms with Crippen molar-refractivity contribution in [3.05, 3.63) is 59.7 Å². The number of likely N-dealkylation sites (N-methyl/N-ethyl adjacent to an activating group) is 1. The molecule has 3 amide bonds. The fourth-order valence-electron chi connectivity index (χ4n) is 2.69. The van der Waals surface area contributed by atoms with E-state index in [0.29, 0.717) is 16.9 Å². The van der Waals surface area contributed by atoms with Gasteiger partial charge >= 0.3 is 5.97 Å². The number of ether oxygens (including phenoxy) is 1. The van der Waals surface area contributed by atoms with Crippen molar-refractivity contribution in [2.45, 2.75) is 20.8 Å². The molecule has 0 unspecified atom stereocenters. The van der Waals surface area contributed by atoms with E-state index in [4.69, 9.17) is 4.74 Å². The lowest BCUT2D eigenvalue weighted by Gasteiger charge is -2.20. The first kappa shape index (κ1) is 22.6. The highest BCUT2D eigenvalue weighted by molar-refractivity contribution is 5.96. The molecule has 0 radical (unpaired) electrons. The molecule has 158 valence electrons. The Morgan fingerprint density at radius 2 is 1.53 bits per heavy atom. The molecule has 30 heavy (non-hydrogen) atoms. The van der Waals surface area contributed by atoms with Crippen molar-refractivity contribution in [1.82, 2.24) is 4.90 Å². The van der Waals surface area contributed by atoms with Crippen LogP contribution in [0.3, 0.4) is 0 Å². The lowest BCUT2D eigenvalue weighted by molar-refractivity contribution is -0.137. The average molecular weight is 411 g/mol. The van der Waals surface area contributed by atoms with E-state index in [1.165, 1.54) is 11.8 Å². The summed E-state index contributed by atoms with van der Waals surface area (Å²) in [5.74, 6) is -1.62. The molecular formula is C22H25N3O5. The van der Waals surface area contributed by atoms with Crippen molar-refractivity contribution in [2.24, 2.45) is 0 Å². The largest absolute Gasteiger partial charge is 0.452 e. The minimum Gasteiger partial charge on any atom is -0.452 e. The summed E-state index contributed by atoms with van der Waals surface area (Å²) in [7, 11) is 0. The van der Waals surface area contributed by atoms with Gasteiger partial charge in [-0.15, -0.1) is 0 Å². The van der Waals surface area contributed by atoms with Gasteiger partial charge in [-0.1, -0.05) is 18.2 Å². The molecule has 2 N–H and O–H groups in total. The Kier molecular flexibility index (Phi) is 8.10. The number of esters is 1. The molecule has 0 saturated carbocycles. The van der Waals surface area contributed by atoms with Gasteiger partial charge in [-0.2, -0.15) is 0 Å². The molecule has 8 nitrogen and oxygen atoms in total. The van der Waals surface area contributed by atoms with Crippen LogP contribution in [0.4, 0.5) is 11.4 Å². The van der Waals surface area contributed by atoms with Crippen molar-refractivity contribution < 1.29 is 23.9 Å². The summed E-state index contributed by atoms with van der Waals surface area (Å²) in [5, 5.41) is 5.32. The summed E-state index contributed by atoms with van der Waals surface area (Å²) in [5.41, 5.74) is 2.30. The maximum atomic E-state index is 12.4. The van der Waals surface area contributed by atoms with E-state index in [9.17, 15) is 19.2 Å². The summed E-state index contributed by atoms with van der Waals surface area (Å²) in [4.78, 5) is 49.1. The average Bonchev–Trinajstić information content (AvgIpc) is 2.71. The molecule has 0 aromatic heterocycles. The van der Waals surface area contributed by atoms with Gasteiger partial charge in [0.05, 0.1) is 12.1 Å². The monoisotopic (exact) mass is 411 g/mol. The Labute approximate surface area is 175 Å². The molecule has 8 heteroatoms. The number of anilines is 2. The third-order valence-corrected chi connectivity index (χ3v) is 4.25. The van der Waals surface area contributed by atoms with Gasteiger partial charge in [-0.05, 0) is 49.7 Å². The minimum absolute atomic E-state index is 0.176. The highest BCUT2D eigenvalue weighted by atomic mass is 16.5. The Bertz CT molecular complexity index is 925. The number of benzene rings is 2. The molecule has 2 aromatic carbocycles. The van der Waals surface area contributed by atoms with Crippen LogP contribution in [0.2, 0.25) is 0 Å². The standard InChI is InChI=1S/C22H25N3O5/c1-4-25(21(28)14-30-22(29)19-8-6-5-7-15(19)2)13-20(27)24-18-11-9-17(10-12-18)23-16(3)26/h5-12H,4,13-14H2,1-3H3,(H,23,26)(H,24,27). The van der Waals surface area contributed by atoms with Crippen molar-refractivity contribution >= 4 is 35.1 Å². The predicted molar refractivity (Wildman–Crippen MR) is 113 cm³/mol. The molecule has 0 bridgehead atoms. The predicted octanol–water partition coefficient (Wildman–Crippen LogP) is 2.60. The number of rotatable bonds is 8. The molecule has 0 saturated heterocycles. The van der Waals surface area contributed by atoms with E-state index in [0.717, 1.165) is 5.56 Å². The van der Waals surface area contributed by atoms with Crippen LogP contribution in [0.1, 0.15) is 29.8 Å². The number of nitrogens with one attached hydrogen (secondary N) is 2.